The highest BCUT2D eigenvalue weighted by Gasteiger charge is 2.48. The van der Waals surface area contributed by atoms with Crippen LogP contribution in [0.25, 0.3) is 0 Å². The molecule has 1 N–H and O–H groups in total. The molecule has 1 aromatic heterocycles. The molecule has 7 nitrogen and oxygen atoms in total. The zero-order chi connectivity index (χ0) is 20.4. The van der Waals surface area contributed by atoms with Crippen molar-refractivity contribution in [1.82, 2.24) is 10.4 Å². The molecule has 2 fully saturated rings. The SMILES string of the molecule is C/C(=N/NC(=O)c1ccccn1)c1ccc(N2C(=O)C3CCCCC3C2=O)cc1. The number of hydrogen-bond acceptors (Lipinski definition) is 5. The molecule has 0 radical (unpaired) electrons. The van der Waals surface area contributed by atoms with Crippen LogP contribution in [0.5, 0.6) is 0 Å². The summed E-state index contributed by atoms with van der Waals surface area (Å²) in [7, 11) is 0. The van der Waals surface area contributed by atoms with Crippen LogP contribution in [0.3, 0.4) is 0 Å². The third-order valence-electron chi connectivity index (χ3n) is 5.61. The number of hydrogen-bond donors (Lipinski definition) is 1. The Kier molecular flexibility index (Phi) is 5.20. The van der Waals surface area contributed by atoms with Crippen LogP contribution in [0, 0.1) is 11.8 Å². The summed E-state index contributed by atoms with van der Waals surface area (Å²) in [4.78, 5) is 42.8. The number of aromatic nitrogens is 1. The summed E-state index contributed by atoms with van der Waals surface area (Å²) in [6.45, 7) is 1.77. The first-order valence-electron chi connectivity index (χ1n) is 9.80. The van der Waals surface area contributed by atoms with Gasteiger partial charge in [-0.3, -0.25) is 24.3 Å². The van der Waals surface area contributed by atoms with Gasteiger partial charge in [0.05, 0.1) is 23.2 Å². The van der Waals surface area contributed by atoms with Crippen LogP contribution in [0.15, 0.2) is 53.8 Å². The number of nitrogens with one attached hydrogen (secondary N) is 1. The van der Waals surface area contributed by atoms with E-state index in [1.165, 1.54) is 4.90 Å². The van der Waals surface area contributed by atoms with Crippen LogP contribution in [0.1, 0.15) is 48.7 Å². The summed E-state index contributed by atoms with van der Waals surface area (Å²) < 4.78 is 0. The molecule has 2 aliphatic rings. The van der Waals surface area contributed by atoms with Gasteiger partial charge < -0.3 is 0 Å². The van der Waals surface area contributed by atoms with Crippen molar-refractivity contribution in [2.24, 2.45) is 16.9 Å². The second kappa shape index (κ2) is 7.95. The molecule has 1 saturated heterocycles. The van der Waals surface area contributed by atoms with Crippen molar-refractivity contribution in [3.05, 3.63) is 59.9 Å². The molecule has 1 saturated carbocycles. The molecule has 148 valence electrons. The second-order valence-corrected chi connectivity index (χ2v) is 7.41. The van der Waals surface area contributed by atoms with E-state index in [-0.39, 0.29) is 29.3 Å². The van der Waals surface area contributed by atoms with Gasteiger partial charge in [0.25, 0.3) is 5.91 Å². The van der Waals surface area contributed by atoms with Crippen molar-refractivity contribution >= 4 is 29.1 Å². The number of carbonyl (C=O) groups is 3. The van der Waals surface area contributed by atoms with Gasteiger partial charge in [-0.2, -0.15) is 5.10 Å². The lowest BCUT2D eigenvalue weighted by Crippen LogP contribution is -2.30. The van der Waals surface area contributed by atoms with Crippen LogP contribution >= 0.6 is 0 Å². The zero-order valence-corrected chi connectivity index (χ0v) is 16.2. The van der Waals surface area contributed by atoms with Gasteiger partial charge in [0.2, 0.25) is 11.8 Å². The number of amides is 3. The highest BCUT2D eigenvalue weighted by atomic mass is 16.2. The third-order valence-corrected chi connectivity index (χ3v) is 5.61. The highest BCUT2D eigenvalue weighted by Crippen LogP contribution is 2.40. The fraction of sp³-hybridized carbons (Fsp3) is 0.318. The van der Waals surface area contributed by atoms with Crippen LogP contribution in [-0.2, 0) is 9.59 Å². The number of benzene rings is 1. The van der Waals surface area contributed by atoms with Crippen molar-refractivity contribution in [2.75, 3.05) is 4.90 Å². The Morgan fingerprint density at radius 3 is 2.28 bits per heavy atom. The first-order chi connectivity index (χ1) is 14.1. The summed E-state index contributed by atoms with van der Waals surface area (Å²) in [5.41, 5.74) is 4.74. The number of fused-ring (bicyclic) bond motifs is 1. The fourth-order valence-corrected chi connectivity index (χ4v) is 4.02. The van der Waals surface area contributed by atoms with Gasteiger partial charge in [0.15, 0.2) is 0 Å². The lowest BCUT2D eigenvalue weighted by molar-refractivity contribution is -0.122. The first-order valence-corrected chi connectivity index (χ1v) is 9.80. The zero-order valence-electron chi connectivity index (χ0n) is 16.2. The number of imide groups is 1. The van der Waals surface area contributed by atoms with E-state index < -0.39 is 5.91 Å². The average molecular weight is 390 g/mol. The molecular weight excluding hydrogens is 368 g/mol. The molecule has 1 aromatic carbocycles. The summed E-state index contributed by atoms with van der Waals surface area (Å²) in [6.07, 6.45) is 5.15. The van der Waals surface area contributed by atoms with Crippen LogP contribution in [0.2, 0.25) is 0 Å². The van der Waals surface area contributed by atoms with E-state index >= 15 is 0 Å². The Morgan fingerprint density at radius 2 is 1.69 bits per heavy atom. The molecule has 2 atom stereocenters. The molecule has 1 aliphatic carbocycles. The molecule has 7 heteroatoms. The maximum Gasteiger partial charge on any atom is 0.289 e. The van der Waals surface area contributed by atoms with Crippen molar-refractivity contribution < 1.29 is 14.4 Å². The Bertz CT molecular complexity index is 945. The molecule has 2 heterocycles. The molecule has 4 rings (SSSR count). The van der Waals surface area contributed by atoms with Crippen molar-refractivity contribution in [3.63, 3.8) is 0 Å². The van der Waals surface area contributed by atoms with Crippen LogP contribution < -0.4 is 10.3 Å². The molecule has 3 amide bonds. The predicted molar refractivity (Wildman–Crippen MR) is 108 cm³/mol. The van der Waals surface area contributed by atoms with E-state index in [1.807, 2.05) is 0 Å². The van der Waals surface area contributed by atoms with Crippen LogP contribution in [0.4, 0.5) is 5.69 Å². The number of hydrazone groups is 1. The van der Waals surface area contributed by atoms with Gasteiger partial charge in [0.1, 0.15) is 5.69 Å². The lowest BCUT2D eigenvalue weighted by atomic mass is 9.81. The van der Waals surface area contributed by atoms with Crippen LogP contribution in [-0.4, -0.2) is 28.4 Å². The fourth-order valence-electron chi connectivity index (χ4n) is 4.02. The minimum Gasteiger partial charge on any atom is -0.274 e. The lowest BCUT2D eigenvalue weighted by Gasteiger charge is -2.19. The Balaban J connectivity index is 1.47. The first kappa shape index (κ1) is 19.0. The average Bonchev–Trinajstić information content (AvgIpc) is 3.03. The van der Waals surface area contributed by atoms with Gasteiger partial charge in [-0.15, -0.1) is 0 Å². The van der Waals surface area contributed by atoms with E-state index in [9.17, 15) is 14.4 Å². The van der Waals surface area contributed by atoms with E-state index in [4.69, 9.17) is 0 Å². The van der Waals surface area contributed by atoms with Gasteiger partial charge in [-0.1, -0.05) is 31.0 Å². The molecule has 0 spiro atoms. The molecule has 2 aromatic rings. The van der Waals surface area contributed by atoms with Gasteiger partial charge in [-0.05, 0) is 49.6 Å². The minimum atomic E-state index is -0.391. The van der Waals surface area contributed by atoms with Gasteiger partial charge >= 0.3 is 0 Å². The quantitative estimate of drug-likeness (QED) is 0.494. The number of rotatable bonds is 4. The Morgan fingerprint density at radius 1 is 1.03 bits per heavy atom. The Hall–Kier alpha value is -3.35. The second-order valence-electron chi connectivity index (χ2n) is 7.41. The maximum atomic E-state index is 12.7. The van der Waals surface area contributed by atoms with Crippen molar-refractivity contribution in [2.45, 2.75) is 32.6 Å². The summed E-state index contributed by atoms with van der Waals surface area (Å²) >= 11 is 0. The molecule has 29 heavy (non-hydrogen) atoms. The molecule has 0 bridgehead atoms. The number of carbonyl (C=O) groups excluding carboxylic acids is 3. The van der Waals surface area contributed by atoms with Gasteiger partial charge in [-0.25, -0.2) is 5.43 Å². The number of nitrogens with zero attached hydrogens (tertiary/aromatic N) is 3. The normalized spacial score (nSPS) is 21.8. The predicted octanol–water partition coefficient (Wildman–Crippen LogP) is 2.92. The number of anilines is 1. The maximum absolute atomic E-state index is 12.7. The molecular formula is C22H22N4O3. The van der Waals surface area contributed by atoms with Crippen molar-refractivity contribution in [1.29, 1.82) is 0 Å². The smallest absolute Gasteiger partial charge is 0.274 e. The van der Waals surface area contributed by atoms with Gasteiger partial charge in [0, 0.05) is 6.20 Å². The Labute approximate surface area is 168 Å². The topological polar surface area (TPSA) is 91.7 Å². The van der Waals surface area contributed by atoms with E-state index in [1.54, 1.807) is 55.6 Å². The summed E-state index contributed by atoms with van der Waals surface area (Å²) in [6, 6.07) is 12.2. The van der Waals surface area contributed by atoms with E-state index in [2.05, 4.69) is 15.5 Å². The summed E-state index contributed by atoms with van der Waals surface area (Å²) in [5.74, 6) is -0.888. The third kappa shape index (κ3) is 3.68. The minimum absolute atomic E-state index is 0.0829. The largest absolute Gasteiger partial charge is 0.289 e. The molecule has 2 unspecified atom stereocenters. The van der Waals surface area contributed by atoms with Crippen molar-refractivity contribution in [3.8, 4) is 0 Å². The van der Waals surface area contributed by atoms with E-state index in [0.29, 0.717) is 11.4 Å². The highest BCUT2D eigenvalue weighted by molar-refractivity contribution is 6.22. The summed E-state index contributed by atoms with van der Waals surface area (Å²) in [5, 5.41) is 4.12. The van der Waals surface area contributed by atoms with E-state index in [0.717, 1.165) is 31.2 Å². The number of pyridine rings is 1. The molecule has 1 aliphatic heterocycles. The standard InChI is InChI=1S/C22H22N4O3/c1-14(24-25-20(27)19-8-4-5-13-23-19)15-9-11-16(12-10-15)26-21(28)17-6-2-3-7-18(17)22(26)29/h4-5,8-13,17-18H,2-3,6-7H2,1H3,(H,25,27)/b24-14-. The monoisotopic (exact) mass is 390 g/mol.